The van der Waals surface area contributed by atoms with Gasteiger partial charge in [-0.05, 0) is 35.4 Å². The molecule has 0 bridgehead atoms. The summed E-state index contributed by atoms with van der Waals surface area (Å²) in [5.74, 6) is 0.612. The summed E-state index contributed by atoms with van der Waals surface area (Å²) >= 11 is 0. The molecule has 0 N–H and O–H groups in total. The van der Waals surface area contributed by atoms with E-state index in [0.717, 1.165) is 16.9 Å². The van der Waals surface area contributed by atoms with E-state index in [1.54, 1.807) is 13.2 Å². The summed E-state index contributed by atoms with van der Waals surface area (Å²) in [6.07, 6.45) is 7.67. The van der Waals surface area contributed by atoms with Crippen LogP contribution in [0.25, 0.3) is 12.2 Å². The molecule has 0 aliphatic carbocycles. The number of ether oxygens (including phenoxy) is 2. The third kappa shape index (κ3) is 5.54. The van der Waals surface area contributed by atoms with Crippen LogP contribution in [0.5, 0.6) is 5.75 Å². The second-order valence-electron chi connectivity index (χ2n) is 4.67. The summed E-state index contributed by atoms with van der Waals surface area (Å²) in [7, 11) is 1.65. The zero-order valence-corrected chi connectivity index (χ0v) is 12.5. The van der Waals surface area contributed by atoms with Gasteiger partial charge in [0.25, 0.3) is 0 Å². The van der Waals surface area contributed by atoms with Gasteiger partial charge in [0, 0.05) is 0 Å². The molecule has 0 aliphatic rings. The molecule has 0 atom stereocenters. The highest BCUT2D eigenvalue weighted by molar-refractivity contribution is 5.50. The topological polar surface area (TPSA) is 18.5 Å². The quantitative estimate of drug-likeness (QED) is 0.697. The van der Waals surface area contributed by atoms with E-state index in [0.29, 0.717) is 13.2 Å². The zero-order valence-electron chi connectivity index (χ0n) is 12.5. The van der Waals surface area contributed by atoms with Crippen molar-refractivity contribution < 1.29 is 13.9 Å². The van der Waals surface area contributed by atoms with Crippen molar-refractivity contribution in [3.05, 3.63) is 77.6 Å². The minimum absolute atomic E-state index is 0.231. The second kappa shape index (κ2) is 8.80. The van der Waals surface area contributed by atoms with Crippen molar-refractivity contribution in [2.45, 2.75) is 0 Å². The van der Waals surface area contributed by atoms with Crippen LogP contribution in [0.1, 0.15) is 11.1 Å². The first-order valence-corrected chi connectivity index (χ1v) is 7.08. The second-order valence-corrected chi connectivity index (χ2v) is 4.67. The van der Waals surface area contributed by atoms with Gasteiger partial charge in [0.15, 0.2) is 0 Å². The zero-order chi connectivity index (χ0) is 15.6. The SMILES string of the molecule is COc1ccc(/C=C/COC/C=C/c2cccc(F)c2)cc1. The molecular weight excluding hydrogens is 279 g/mol. The molecule has 114 valence electrons. The summed E-state index contributed by atoms with van der Waals surface area (Å²) in [6, 6.07) is 14.3. The molecule has 0 aliphatic heterocycles. The Bertz CT molecular complexity index is 630. The average molecular weight is 298 g/mol. The Morgan fingerprint density at radius 2 is 1.59 bits per heavy atom. The fourth-order valence-corrected chi connectivity index (χ4v) is 1.90. The lowest BCUT2D eigenvalue weighted by molar-refractivity contribution is 0.195. The van der Waals surface area contributed by atoms with Gasteiger partial charge in [-0.25, -0.2) is 4.39 Å². The maximum atomic E-state index is 13.0. The highest BCUT2D eigenvalue weighted by Gasteiger charge is 1.91. The van der Waals surface area contributed by atoms with Gasteiger partial charge in [-0.15, -0.1) is 0 Å². The molecule has 2 rings (SSSR count). The largest absolute Gasteiger partial charge is 0.497 e. The van der Waals surface area contributed by atoms with E-state index in [1.807, 2.05) is 54.6 Å². The van der Waals surface area contributed by atoms with Gasteiger partial charge in [0.2, 0.25) is 0 Å². The molecule has 0 spiro atoms. The molecule has 0 saturated carbocycles. The number of hydrogen-bond donors (Lipinski definition) is 0. The first-order valence-electron chi connectivity index (χ1n) is 7.08. The Kier molecular flexibility index (Phi) is 6.39. The molecule has 2 nitrogen and oxygen atoms in total. The van der Waals surface area contributed by atoms with Crippen molar-refractivity contribution in [1.29, 1.82) is 0 Å². The number of methoxy groups -OCH3 is 1. The third-order valence-corrected chi connectivity index (χ3v) is 3.01. The molecule has 3 heteroatoms. The van der Waals surface area contributed by atoms with Gasteiger partial charge in [0.1, 0.15) is 11.6 Å². The number of halogens is 1. The minimum Gasteiger partial charge on any atom is -0.497 e. The average Bonchev–Trinajstić information content (AvgIpc) is 2.54. The molecule has 0 amide bonds. The van der Waals surface area contributed by atoms with Crippen molar-refractivity contribution in [3.8, 4) is 5.75 Å². The van der Waals surface area contributed by atoms with Crippen LogP contribution in [0.2, 0.25) is 0 Å². The molecule has 0 unspecified atom stereocenters. The molecule has 2 aromatic rings. The van der Waals surface area contributed by atoms with E-state index >= 15 is 0 Å². The highest BCUT2D eigenvalue weighted by atomic mass is 19.1. The van der Waals surface area contributed by atoms with E-state index in [-0.39, 0.29) is 5.82 Å². The molecule has 2 aromatic carbocycles. The van der Waals surface area contributed by atoms with Gasteiger partial charge in [-0.1, -0.05) is 48.6 Å². The Morgan fingerprint density at radius 3 is 2.23 bits per heavy atom. The standard InChI is InChI=1S/C19H19FO2/c1-21-19-11-9-16(10-12-19)6-3-13-22-14-4-7-17-5-2-8-18(20)15-17/h2-12,15H,13-14H2,1H3/b6-3+,7-4+. The Balaban J connectivity index is 1.69. The van der Waals surface area contributed by atoms with E-state index in [1.165, 1.54) is 12.1 Å². The van der Waals surface area contributed by atoms with Crippen molar-refractivity contribution in [3.63, 3.8) is 0 Å². The van der Waals surface area contributed by atoms with E-state index < -0.39 is 0 Å². The van der Waals surface area contributed by atoms with Crippen LogP contribution in [-0.4, -0.2) is 20.3 Å². The first-order chi connectivity index (χ1) is 10.8. The van der Waals surface area contributed by atoms with Gasteiger partial charge in [-0.2, -0.15) is 0 Å². The van der Waals surface area contributed by atoms with Gasteiger partial charge in [0.05, 0.1) is 20.3 Å². The van der Waals surface area contributed by atoms with Crippen molar-refractivity contribution in [2.75, 3.05) is 20.3 Å². The fraction of sp³-hybridized carbons (Fsp3) is 0.158. The molecule has 0 aromatic heterocycles. The first kappa shape index (κ1) is 16.0. The van der Waals surface area contributed by atoms with Crippen LogP contribution in [0, 0.1) is 5.82 Å². The van der Waals surface area contributed by atoms with Gasteiger partial charge < -0.3 is 9.47 Å². The fourth-order valence-electron chi connectivity index (χ4n) is 1.90. The summed E-state index contributed by atoms with van der Waals surface area (Å²) in [5.41, 5.74) is 1.93. The maximum Gasteiger partial charge on any atom is 0.123 e. The maximum absolute atomic E-state index is 13.0. The number of benzene rings is 2. The number of hydrogen-bond acceptors (Lipinski definition) is 2. The van der Waals surface area contributed by atoms with Gasteiger partial charge in [-0.3, -0.25) is 0 Å². The van der Waals surface area contributed by atoms with Crippen LogP contribution < -0.4 is 4.74 Å². The normalized spacial score (nSPS) is 11.4. The van der Waals surface area contributed by atoms with Crippen LogP contribution in [0.4, 0.5) is 4.39 Å². The summed E-state index contributed by atoms with van der Waals surface area (Å²) in [6.45, 7) is 1.02. The summed E-state index contributed by atoms with van der Waals surface area (Å²) in [5, 5.41) is 0. The van der Waals surface area contributed by atoms with Crippen LogP contribution in [-0.2, 0) is 4.74 Å². The highest BCUT2D eigenvalue weighted by Crippen LogP contribution is 2.12. The monoisotopic (exact) mass is 298 g/mol. The summed E-state index contributed by atoms with van der Waals surface area (Å²) < 4.78 is 23.5. The predicted molar refractivity (Wildman–Crippen MR) is 88.3 cm³/mol. The van der Waals surface area contributed by atoms with Crippen molar-refractivity contribution in [2.24, 2.45) is 0 Å². The van der Waals surface area contributed by atoms with E-state index in [4.69, 9.17) is 9.47 Å². The van der Waals surface area contributed by atoms with Crippen LogP contribution in [0.15, 0.2) is 60.7 Å². The van der Waals surface area contributed by atoms with Crippen molar-refractivity contribution >= 4 is 12.2 Å². The number of rotatable bonds is 7. The summed E-state index contributed by atoms with van der Waals surface area (Å²) in [4.78, 5) is 0. The lowest BCUT2D eigenvalue weighted by Crippen LogP contribution is -1.90. The van der Waals surface area contributed by atoms with Gasteiger partial charge >= 0.3 is 0 Å². The lowest BCUT2D eigenvalue weighted by atomic mass is 10.2. The predicted octanol–water partition coefficient (Wildman–Crippen LogP) is 4.58. The molecular formula is C19H19FO2. The van der Waals surface area contributed by atoms with Crippen molar-refractivity contribution in [1.82, 2.24) is 0 Å². The van der Waals surface area contributed by atoms with Crippen LogP contribution >= 0.6 is 0 Å². The Morgan fingerprint density at radius 1 is 0.909 bits per heavy atom. The molecule has 0 fully saturated rings. The van der Waals surface area contributed by atoms with E-state index in [9.17, 15) is 4.39 Å². The molecule has 0 heterocycles. The lowest BCUT2D eigenvalue weighted by Gasteiger charge is -1.99. The Labute approximate surface area is 130 Å². The van der Waals surface area contributed by atoms with Crippen LogP contribution in [0.3, 0.4) is 0 Å². The molecule has 22 heavy (non-hydrogen) atoms. The smallest absolute Gasteiger partial charge is 0.123 e. The minimum atomic E-state index is -0.231. The molecule has 0 radical (unpaired) electrons. The van der Waals surface area contributed by atoms with E-state index in [2.05, 4.69) is 0 Å². The third-order valence-electron chi connectivity index (χ3n) is 3.01. The molecule has 0 saturated heterocycles. The Hall–Kier alpha value is -2.39.